The molecular weight excluding hydrogens is 349 g/mol. The lowest BCUT2D eigenvalue weighted by molar-refractivity contribution is -0.134. The SMILES string of the molecule is CPC.[B]C(C(=O)Oc1c(Cl)cccc1Cl)c1ccc(C)cc1. The molecule has 23 heavy (non-hydrogen) atoms. The maximum atomic E-state index is 12.0. The molecule has 0 aliphatic rings. The first-order valence-corrected chi connectivity index (χ1v) is 9.72. The number of carbonyl (C=O) groups is 1. The molecule has 6 heteroatoms. The summed E-state index contributed by atoms with van der Waals surface area (Å²) in [6.45, 7) is 6.26. The average Bonchev–Trinajstić information content (AvgIpc) is 2.52. The van der Waals surface area contributed by atoms with Crippen LogP contribution in [-0.2, 0) is 4.79 Å². The Kier molecular flexibility index (Phi) is 8.69. The Labute approximate surface area is 150 Å². The molecule has 0 saturated heterocycles. The number of hydrogen-bond donors (Lipinski definition) is 0. The lowest BCUT2D eigenvalue weighted by atomic mass is 9.81. The summed E-state index contributed by atoms with van der Waals surface area (Å²) in [7, 11) is 6.96. The molecule has 120 valence electrons. The van der Waals surface area contributed by atoms with Gasteiger partial charge in [-0.05, 0) is 37.9 Å². The molecule has 0 aromatic heterocycles. The van der Waals surface area contributed by atoms with E-state index in [2.05, 4.69) is 13.3 Å². The van der Waals surface area contributed by atoms with E-state index in [1.807, 2.05) is 19.1 Å². The zero-order chi connectivity index (χ0) is 17.4. The summed E-state index contributed by atoms with van der Waals surface area (Å²) in [6.07, 6.45) is 0. The van der Waals surface area contributed by atoms with Gasteiger partial charge in [0.1, 0.15) is 0 Å². The first-order chi connectivity index (χ1) is 10.9. The summed E-state index contributed by atoms with van der Waals surface area (Å²) in [4.78, 5) is 12.0. The van der Waals surface area contributed by atoms with E-state index in [9.17, 15) is 4.79 Å². The summed E-state index contributed by atoms with van der Waals surface area (Å²) in [5, 5.41) is 0.531. The van der Waals surface area contributed by atoms with Crippen molar-refractivity contribution in [1.82, 2.24) is 0 Å². The Morgan fingerprint density at radius 2 is 1.57 bits per heavy atom. The van der Waals surface area contributed by atoms with Crippen LogP contribution in [0.5, 0.6) is 5.75 Å². The van der Waals surface area contributed by atoms with E-state index in [1.54, 1.807) is 30.3 Å². The molecule has 0 fully saturated rings. The Bertz CT molecular complexity index is 627. The fourth-order valence-electron chi connectivity index (χ4n) is 1.65. The Balaban J connectivity index is 0.000000816. The van der Waals surface area contributed by atoms with E-state index in [1.165, 1.54) is 0 Å². The molecular formula is C17H18BCl2O2P. The van der Waals surface area contributed by atoms with Crippen molar-refractivity contribution in [2.75, 3.05) is 13.3 Å². The van der Waals surface area contributed by atoms with Gasteiger partial charge in [0.15, 0.2) is 5.75 Å². The minimum atomic E-state index is -0.886. The summed E-state index contributed by atoms with van der Waals surface area (Å²) in [6, 6.07) is 12.2. The van der Waals surface area contributed by atoms with E-state index < -0.39 is 11.8 Å². The number of benzene rings is 2. The highest BCUT2D eigenvalue weighted by atomic mass is 35.5. The Morgan fingerprint density at radius 1 is 1.09 bits per heavy atom. The van der Waals surface area contributed by atoms with Crippen molar-refractivity contribution in [3.8, 4) is 5.75 Å². The predicted molar refractivity (Wildman–Crippen MR) is 102 cm³/mol. The van der Waals surface area contributed by atoms with Crippen LogP contribution in [0.4, 0.5) is 0 Å². The van der Waals surface area contributed by atoms with Crippen LogP contribution < -0.4 is 4.74 Å². The normalized spacial score (nSPS) is 11.2. The summed E-state index contributed by atoms with van der Waals surface area (Å²) >= 11 is 11.9. The summed E-state index contributed by atoms with van der Waals surface area (Å²) in [5.41, 5.74) is 1.76. The number of carbonyl (C=O) groups excluding carboxylic acids is 1. The molecule has 0 spiro atoms. The summed E-state index contributed by atoms with van der Waals surface area (Å²) < 4.78 is 5.19. The third-order valence-corrected chi connectivity index (χ3v) is 3.41. The molecule has 0 amide bonds. The fourth-order valence-corrected chi connectivity index (χ4v) is 2.13. The highest BCUT2D eigenvalue weighted by molar-refractivity contribution is 7.35. The van der Waals surface area contributed by atoms with Gasteiger partial charge < -0.3 is 4.74 Å². The lowest BCUT2D eigenvalue weighted by Crippen LogP contribution is -2.19. The van der Waals surface area contributed by atoms with Crippen LogP contribution in [0.25, 0.3) is 0 Å². The van der Waals surface area contributed by atoms with Gasteiger partial charge in [0.05, 0.1) is 17.9 Å². The second-order valence-corrected chi connectivity index (χ2v) is 6.67. The fraction of sp³-hybridized carbons (Fsp3) is 0.235. The molecule has 0 saturated carbocycles. The molecule has 2 rings (SSSR count). The minimum Gasteiger partial charge on any atom is -0.423 e. The molecule has 0 aliphatic heterocycles. The molecule has 2 radical (unpaired) electrons. The van der Waals surface area contributed by atoms with Gasteiger partial charge in [-0.1, -0.05) is 59.1 Å². The van der Waals surface area contributed by atoms with Gasteiger partial charge in [-0.15, -0.1) is 8.58 Å². The van der Waals surface area contributed by atoms with Crippen molar-refractivity contribution in [2.45, 2.75) is 12.7 Å². The van der Waals surface area contributed by atoms with E-state index in [-0.39, 0.29) is 15.8 Å². The zero-order valence-electron chi connectivity index (χ0n) is 13.3. The number of hydrogen-bond acceptors (Lipinski definition) is 2. The second kappa shape index (κ2) is 9.98. The predicted octanol–water partition coefficient (Wildman–Crippen LogP) is 5.04. The summed E-state index contributed by atoms with van der Waals surface area (Å²) in [5.74, 6) is -1.37. The largest absolute Gasteiger partial charge is 0.423 e. The maximum Gasteiger partial charge on any atom is 0.309 e. The molecule has 0 N–H and O–H groups in total. The van der Waals surface area contributed by atoms with E-state index in [0.717, 1.165) is 14.1 Å². The quantitative estimate of drug-likeness (QED) is 0.329. The number of para-hydroxylation sites is 1. The topological polar surface area (TPSA) is 26.3 Å². The highest BCUT2D eigenvalue weighted by Crippen LogP contribution is 2.33. The van der Waals surface area contributed by atoms with Crippen LogP contribution >= 0.6 is 31.8 Å². The van der Waals surface area contributed by atoms with Gasteiger partial charge in [0.2, 0.25) is 0 Å². The minimum absolute atomic E-state index is 0.128. The van der Waals surface area contributed by atoms with Crippen molar-refractivity contribution < 1.29 is 9.53 Å². The van der Waals surface area contributed by atoms with Crippen LogP contribution in [-0.4, -0.2) is 27.1 Å². The molecule has 0 bridgehead atoms. The standard InChI is InChI=1S/C15H11BCl2O2.C2H7P/c1-9-5-7-10(8-6-9)13(16)15(19)20-14-11(17)3-2-4-12(14)18;1-3-2/h2-8,13H,1H3;3H,1-2H3. The molecule has 1 atom stereocenters. The molecule has 2 aromatic rings. The van der Waals surface area contributed by atoms with Crippen LogP contribution in [0, 0.1) is 6.92 Å². The number of halogens is 2. The van der Waals surface area contributed by atoms with Gasteiger partial charge >= 0.3 is 5.97 Å². The maximum absolute atomic E-state index is 12.0. The van der Waals surface area contributed by atoms with E-state index in [4.69, 9.17) is 35.8 Å². The van der Waals surface area contributed by atoms with Gasteiger partial charge in [0, 0.05) is 5.82 Å². The van der Waals surface area contributed by atoms with Gasteiger partial charge in [-0.2, -0.15) is 0 Å². The van der Waals surface area contributed by atoms with Crippen molar-refractivity contribution in [3.05, 3.63) is 63.6 Å². The second-order valence-electron chi connectivity index (χ2n) is 4.86. The van der Waals surface area contributed by atoms with Crippen LogP contribution in [0.15, 0.2) is 42.5 Å². The van der Waals surface area contributed by atoms with E-state index >= 15 is 0 Å². The number of rotatable bonds is 3. The highest BCUT2D eigenvalue weighted by Gasteiger charge is 2.19. The van der Waals surface area contributed by atoms with Crippen molar-refractivity contribution in [3.63, 3.8) is 0 Å². The first kappa shape index (κ1) is 20.0. The Morgan fingerprint density at radius 3 is 2.04 bits per heavy atom. The number of ether oxygens (including phenoxy) is 1. The van der Waals surface area contributed by atoms with Gasteiger partial charge in [-0.25, -0.2) is 0 Å². The molecule has 0 aliphatic carbocycles. The van der Waals surface area contributed by atoms with Gasteiger partial charge in [0.25, 0.3) is 0 Å². The van der Waals surface area contributed by atoms with Crippen LogP contribution in [0.1, 0.15) is 16.9 Å². The van der Waals surface area contributed by atoms with Crippen molar-refractivity contribution >= 4 is 45.6 Å². The smallest absolute Gasteiger partial charge is 0.309 e. The molecule has 2 aromatic carbocycles. The Hall–Kier alpha value is -1.02. The molecule has 1 unspecified atom stereocenters. The zero-order valence-corrected chi connectivity index (χ0v) is 15.8. The first-order valence-electron chi connectivity index (χ1n) is 6.97. The van der Waals surface area contributed by atoms with Crippen LogP contribution in [0.2, 0.25) is 10.0 Å². The van der Waals surface area contributed by atoms with Crippen molar-refractivity contribution in [2.24, 2.45) is 0 Å². The van der Waals surface area contributed by atoms with Gasteiger partial charge in [-0.3, -0.25) is 4.79 Å². The third kappa shape index (κ3) is 6.18. The average molecular weight is 367 g/mol. The van der Waals surface area contributed by atoms with E-state index in [0.29, 0.717) is 5.56 Å². The van der Waals surface area contributed by atoms with Crippen LogP contribution in [0.3, 0.4) is 0 Å². The number of esters is 1. The van der Waals surface area contributed by atoms with Crippen molar-refractivity contribution in [1.29, 1.82) is 0 Å². The third-order valence-electron chi connectivity index (χ3n) is 2.81. The molecule has 2 nitrogen and oxygen atoms in total. The molecule has 0 heterocycles. The lowest BCUT2D eigenvalue weighted by Gasteiger charge is -2.13. The monoisotopic (exact) mass is 366 g/mol. The number of aryl methyl sites for hydroxylation is 1.